The van der Waals surface area contributed by atoms with E-state index in [4.69, 9.17) is 0 Å². The summed E-state index contributed by atoms with van der Waals surface area (Å²) < 4.78 is 0. The maximum atomic E-state index is 12.5. The molecule has 98 valence electrons. The molecular weight excluding hydrogens is 246 g/mol. The van der Waals surface area contributed by atoms with Crippen molar-refractivity contribution in [1.29, 1.82) is 0 Å². The van der Waals surface area contributed by atoms with Gasteiger partial charge in [0.15, 0.2) is 0 Å². The van der Waals surface area contributed by atoms with E-state index in [2.05, 4.69) is 24.1 Å². The minimum absolute atomic E-state index is 0.0754. The maximum Gasteiger partial charge on any atom is 0.257 e. The first-order valence-electron chi connectivity index (χ1n) is 6.18. The van der Waals surface area contributed by atoms with Crippen LogP contribution in [0.4, 0.5) is 5.69 Å². The highest BCUT2D eigenvalue weighted by atomic mass is 32.2. The standard InChI is InChI=1S/C13H19N3OS/c1-9-7-16(8-10(2)18-9)13(17)11-6-15-5-4-12(11)14-3/h4-6,9-10H,7-8H2,1-3H3,(H,14,15). The molecule has 0 aromatic carbocycles. The van der Waals surface area contributed by atoms with Crippen LogP contribution in [0.5, 0.6) is 0 Å². The average Bonchev–Trinajstić information content (AvgIpc) is 2.36. The molecule has 2 atom stereocenters. The zero-order valence-corrected chi connectivity index (χ0v) is 11.8. The van der Waals surface area contributed by atoms with Crippen LogP contribution < -0.4 is 5.32 Å². The van der Waals surface area contributed by atoms with Gasteiger partial charge in [0.2, 0.25) is 0 Å². The predicted molar refractivity (Wildman–Crippen MR) is 76.2 cm³/mol. The van der Waals surface area contributed by atoms with Crippen molar-refractivity contribution in [3.05, 3.63) is 24.0 Å². The van der Waals surface area contributed by atoms with E-state index in [-0.39, 0.29) is 5.91 Å². The molecule has 1 aliphatic heterocycles. The van der Waals surface area contributed by atoms with E-state index in [1.807, 2.05) is 29.8 Å². The maximum absolute atomic E-state index is 12.5. The molecule has 0 spiro atoms. The summed E-state index contributed by atoms with van der Waals surface area (Å²) >= 11 is 1.94. The van der Waals surface area contributed by atoms with Gasteiger partial charge in [-0.05, 0) is 6.07 Å². The SMILES string of the molecule is CNc1ccncc1C(=O)N1CC(C)SC(C)C1. The number of nitrogens with zero attached hydrogens (tertiary/aromatic N) is 2. The summed E-state index contributed by atoms with van der Waals surface area (Å²) in [5.74, 6) is 0.0754. The summed E-state index contributed by atoms with van der Waals surface area (Å²) in [4.78, 5) is 18.5. The molecular formula is C13H19N3OS. The second kappa shape index (κ2) is 5.61. The third-order valence-electron chi connectivity index (χ3n) is 3.03. The Hall–Kier alpha value is -1.23. The molecule has 18 heavy (non-hydrogen) atoms. The molecule has 0 saturated carbocycles. The number of nitrogens with one attached hydrogen (secondary N) is 1. The van der Waals surface area contributed by atoms with E-state index >= 15 is 0 Å². The zero-order chi connectivity index (χ0) is 13.1. The van der Waals surface area contributed by atoms with Gasteiger partial charge in [0.1, 0.15) is 0 Å². The molecule has 2 rings (SSSR count). The van der Waals surface area contributed by atoms with Crippen molar-refractivity contribution in [2.45, 2.75) is 24.3 Å². The van der Waals surface area contributed by atoms with Crippen LogP contribution in [0.3, 0.4) is 0 Å². The molecule has 1 aromatic rings. The second-order valence-electron chi connectivity index (χ2n) is 4.64. The van der Waals surface area contributed by atoms with E-state index in [1.165, 1.54) is 0 Å². The normalized spacial score (nSPS) is 23.8. The summed E-state index contributed by atoms with van der Waals surface area (Å²) in [6.45, 7) is 5.96. The number of carbonyl (C=O) groups is 1. The van der Waals surface area contributed by atoms with Crippen molar-refractivity contribution >= 4 is 23.4 Å². The molecule has 1 aromatic heterocycles. The van der Waals surface area contributed by atoms with Crippen molar-refractivity contribution in [3.63, 3.8) is 0 Å². The van der Waals surface area contributed by atoms with Gasteiger partial charge >= 0.3 is 0 Å². The number of aromatic nitrogens is 1. The van der Waals surface area contributed by atoms with Crippen LogP contribution in [0.25, 0.3) is 0 Å². The average molecular weight is 265 g/mol. The number of rotatable bonds is 2. The molecule has 1 saturated heterocycles. The Morgan fingerprint density at radius 1 is 1.44 bits per heavy atom. The number of thioether (sulfide) groups is 1. The molecule has 0 radical (unpaired) electrons. The van der Waals surface area contributed by atoms with Crippen LogP contribution in [0.15, 0.2) is 18.5 Å². The molecule has 0 aliphatic carbocycles. The van der Waals surface area contributed by atoms with Gasteiger partial charge in [0, 0.05) is 48.7 Å². The lowest BCUT2D eigenvalue weighted by molar-refractivity contribution is 0.0754. The topological polar surface area (TPSA) is 45.2 Å². The number of hydrogen-bond donors (Lipinski definition) is 1. The van der Waals surface area contributed by atoms with Gasteiger partial charge in [-0.15, -0.1) is 0 Å². The lowest BCUT2D eigenvalue weighted by Gasteiger charge is -2.34. The minimum Gasteiger partial charge on any atom is -0.387 e. The Kier molecular flexibility index (Phi) is 4.11. The highest BCUT2D eigenvalue weighted by molar-refractivity contribution is 8.00. The summed E-state index contributed by atoms with van der Waals surface area (Å²) in [6.07, 6.45) is 3.34. The van der Waals surface area contributed by atoms with Gasteiger partial charge in [-0.3, -0.25) is 9.78 Å². The zero-order valence-electron chi connectivity index (χ0n) is 11.0. The highest BCUT2D eigenvalue weighted by Crippen LogP contribution is 2.26. The molecule has 5 heteroatoms. The predicted octanol–water partition coefficient (Wildman–Crippen LogP) is 2.09. The minimum atomic E-state index is 0.0754. The van der Waals surface area contributed by atoms with Gasteiger partial charge in [0.05, 0.1) is 5.56 Å². The Bertz CT molecular complexity index is 428. The third-order valence-corrected chi connectivity index (χ3v) is 4.26. The van der Waals surface area contributed by atoms with E-state index < -0.39 is 0 Å². The fourth-order valence-electron chi connectivity index (χ4n) is 2.30. The lowest BCUT2D eigenvalue weighted by Crippen LogP contribution is -2.44. The lowest BCUT2D eigenvalue weighted by atomic mass is 10.2. The van der Waals surface area contributed by atoms with Gasteiger partial charge < -0.3 is 10.2 Å². The smallest absolute Gasteiger partial charge is 0.257 e. The summed E-state index contributed by atoms with van der Waals surface area (Å²) in [5.41, 5.74) is 1.50. The van der Waals surface area contributed by atoms with E-state index in [0.29, 0.717) is 16.1 Å². The first kappa shape index (κ1) is 13.2. The van der Waals surface area contributed by atoms with Crippen molar-refractivity contribution in [1.82, 2.24) is 9.88 Å². The molecule has 0 bridgehead atoms. The number of carbonyl (C=O) groups excluding carboxylic acids is 1. The fourth-order valence-corrected chi connectivity index (χ4v) is 3.62. The van der Waals surface area contributed by atoms with Crippen LogP contribution in [-0.2, 0) is 0 Å². The van der Waals surface area contributed by atoms with Crippen LogP contribution in [-0.4, -0.2) is 46.4 Å². The molecule has 1 aliphatic rings. The van der Waals surface area contributed by atoms with Crippen molar-refractivity contribution in [2.75, 3.05) is 25.5 Å². The molecule has 2 heterocycles. The van der Waals surface area contributed by atoms with Gasteiger partial charge in [-0.25, -0.2) is 0 Å². The number of anilines is 1. The highest BCUT2D eigenvalue weighted by Gasteiger charge is 2.27. The Labute approximate surface area is 112 Å². The van der Waals surface area contributed by atoms with Gasteiger partial charge in [-0.1, -0.05) is 13.8 Å². The van der Waals surface area contributed by atoms with E-state index in [9.17, 15) is 4.79 Å². The van der Waals surface area contributed by atoms with Crippen LogP contribution in [0.1, 0.15) is 24.2 Å². The Morgan fingerprint density at radius 3 is 2.72 bits per heavy atom. The van der Waals surface area contributed by atoms with Crippen molar-refractivity contribution in [2.24, 2.45) is 0 Å². The molecule has 1 fully saturated rings. The monoisotopic (exact) mass is 265 g/mol. The fraction of sp³-hybridized carbons (Fsp3) is 0.538. The van der Waals surface area contributed by atoms with Crippen LogP contribution >= 0.6 is 11.8 Å². The molecule has 2 unspecified atom stereocenters. The van der Waals surface area contributed by atoms with Gasteiger partial charge in [0.25, 0.3) is 5.91 Å². The first-order valence-corrected chi connectivity index (χ1v) is 7.12. The molecule has 4 nitrogen and oxygen atoms in total. The first-order chi connectivity index (χ1) is 8.61. The number of hydrogen-bond acceptors (Lipinski definition) is 4. The summed E-state index contributed by atoms with van der Waals surface area (Å²) in [6, 6.07) is 1.83. The summed E-state index contributed by atoms with van der Waals surface area (Å²) in [5, 5.41) is 4.03. The van der Waals surface area contributed by atoms with Gasteiger partial charge in [-0.2, -0.15) is 11.8 Å². The Balaban J connectivity index is 2.20. The number of pyridine rings is 1. The van der Waals surface area contributed by atoms with Crippen LogP contribution in [0.2, 0.25) is 0 Å². The Morgan fingerprint density at radius 2 is 2.11 bits per heavy atom. The number of amides is 1. The molecule has 1 amide bonds. The van der Waals surface area contributed by atoms with E-state index in [0.717, 1.165) is 18.8 Å². The third kappa shape index (κ3) is 2.77. The van der Waals surface area contributed by atoms with Crippen molar-refractivity contribution < 1.29 is 4.79 Å². The summed E-state index contributed by atoms with van der Waals surface area (Å²) in [7, 11) is 1.82. The largest absolute Gasteiger partial charge is 0.387 e. The second-order valence-corrected chi connectivity index (χ2v) is 6.52. The quantitative estimate of drug-likeness (QED) is 0.889. The van der Waals surface area contributed by atoms with Crippen LogP contribution in [0, 0.1) is 0 Å². The molecule has 1 N–H and O–H groups in total. The van der Waals surface area contributed by atoms with Crippen molar-refractivity contribution in [3.8, 4) is 0 Å². The van der Waals surface area contributed by atoms with E-state index in [1.54, 1.807) is 12.4 Å².